The van der Waals surface area contributed by atoms with Crippen molar-refractivity contribution in [2.45, 2.75) is 13.3 Å². The number of nitrogens with zero attached hydrogens (tertiary/aromatic N) is 2. The maximum atomic E-state index is 11.1. The zero-order chi connectivity index (χ0) is 15.8. The maximum Gasteiger partial charge on any atom is 0.171 e. The molecule has 1 aromatic carbocycles. The molecule has 0 N–H and O–H groups in total. The summed E-state index contributed by atoms with van der Waals surface area (Å²) in [5, 5.41) is 0. The molecule has 0 spiro atoms. The predicted molar refractivity (Wildman–Crippen MR) is 87.0 cm³/mol. The molecule has 1 aliphatic rings. The van der Waals surface area contributed by atoms with Crippen LogP contribution in [0.5, 0.6) is 11.5 Å². The number of likely N-dealkylation sites (N-methyl/N-ethyl adjacent to an activating group) is 1. The molecule has 0 unspecified atom stereocenters. The first-order chi connectivity index (χ1) is 10.8. The van der Waals surface area contributed by atoms with Crippen LogP contribution in [0.1, 0.15) is 23.7 Å². The number of para-hydroxylation sites is 1. The average molecular weight is 306 g/mol. The Labute approximate surface area is 132 Å². The molecular formula is C17H26N2O3. The normalized spacial score (nSPS) is 16.5. The lowest BCUT2D eigenvalue weighted by atomic mass is 10.2. The van der Waals surface area contributed by atoms with E-state index in [1.54, 1.807) is 19.2 Å². The fourth-order valence-electron chi connectivity index (χ4n) is 2.73. The second-order valence-corrected chi connectivity index (χ2v) is 5.47. The molecule has 5 heteroatoms. The molecule has 22 heavy (non-hydrogen) atoms. The van der Waals surface area contributed by atoms with Gasteiger partial charge in [0.25, 0.3) is 0 Å². The number of carbonyl (C=O) groups is 1. The Bertz CT molecular complexity index is 471. The number of aldehydes is 1. The molecule has 1 aliphatic heterocycles. The van der Waals surface area contributed by atoms with Crippen molar-refractivity contribution in [1.29, 1.82) is 0 Å². The van der Waals surface area contributed by atoms with Gasteiger partial charge in [-0.3, -0.25) is 4.79 Å². The number of hydrogen-bond acceptors (Lipinski definition) is 5. The van der Waals surface area contributed by atoms with Gasteiger partial charge in [-0.15, -0.1) is 0 Å². The molecule has 0 saturated carbocycles. The Kier molecular flexibility index (Phi) is 6.68. The average Bonchev–Trinajstić information content (AvgIpc) is 2.59. The minimum atomic E-state index is 0.538. The molecule has 0 amide bonds. The zero-order valence-electron chi connectivity index (χ0n) is 13.6. The minimum Gasteiger partial charge on any atom is -0.493 e. The number of carbonyl (C=O) groups excluding carboxylic acids is 1. The van der Waals surface area contributed by atoms with Crippen LogP contribution < -0.4 is 9.47 Å². The van der Waals surface area contributed by atoms with E-state index in [4.69, 9.17) is 9.47 Å². The molecule has 1 aromatic rings. The standard InChI is InChI=1S/C17H26N2O3/c1-3-18-9-11-19(12-10-18)8-5-13-22-17-15(14-20)6-4-7-16(17)21-2/h4,6-7,14H,3,5,8-13H2,1-2H3. The number of ether oxygens (including phenoxy) is 2. The third-order valence-corrected chi connectivity index (χ3v) is 4.13. The first-order valence-corrected chi connectivity index (χ1v) is 7.98. The molecule has 0 aromatic heterocycles. The molecular weight excluding hydrogens is 280 g/mol. The Balaban J connectivity index is 1.76. The fraction of sp³-hybridized carbons (Fsp3) is 0.588. The van der Waals surface area contributed by atoms with Gasteiger partial charge in [0.1, 0.15) is 0 Å². The summed E-state index contributed by atoms with van der Waals surface area (Å²) >= 11 is 0. The number of methoxy groups -OCH3 is 1. The quantitative estimate of drug-likeness (QED) is 0.542. The highest BCUT2D eigenvalue weighted by Crippen LogP contribution is 2.30. The van der Waals surface area contributed by atoms with Crippen LogP contribution in [0, 0.1) is 0 Å². The van der Waals surface area contributed by atoms with E-state index >= 15 is 0 Å². The molecule has 0 radical (unpaired) electrons. The van der Waals surface area contributed by atoms with E-state index < -0.39 is 0 Å². The third kappa shape index (κ3) is 4.45. The zero-order valence-corrected chi connectivity index (χ0v) is 13.6. The van der Waals surface area contributed by atoms with Crippen LogP contribution in [0.25, 0.3) is 0 Å². The molecule has 1 saturated heterocycles. The summed E-state index contributed by atoms with van der Waals surface area (Å²) in [6.45, 7) is 9.53. The van der Waals surface area contributed by atoms with Gasteiger partial charge >= 0.3 is 0 Å². The molecule has 122 valence electrons. The minimum absolute atomic E-state index is 0.538. The molecule has 2 rings (SSSR count). The van der Waals surface area contributed by atoms with Crippen LogP contribution >= 0.6 is 0 Å². The Morgan fingerprint density at radius 1 is 1.18 bits per heavy atom. The summed E-state index contributed by atoms with van der Waals surface area (Å²) in [6, 6.07) is 5.35. The highest BCUT2D eigenvalue weighted by Gasteiger charge is 2.15. The van der Waals surface area contributed by atoms with Gasteiger partial charge in [-0.1, -0.05) is 13.0 Å². The van der Waals surface area contributed by atoms with Gasteiger partial charge in [0.15, 0.2) is 17.8 Å². The van der Waals surface area contributed by atoms with Crippen LogP contribution in [-0.4, -0.2) is 69.1 Å². The third-order valence-electron chi connectivity index (χ3n) is 4.13. The van der Waals surface area contributed by atoms with E-state index in [1.165, 1.54) is 0 Å². The van der Waals surface area contributed by atoms with Crippen LogP contribution in [0.2, 0.25) is 0 Å². The first-order valence-electron chi connectivity index (χ1n) is 7.98. The lowest BCUT2D eigenvalue weighted by Gasteiger charge is -2.33. The fourth-order valence-corrected chi connectivity index (χ4v) is 2.73. The van der Waals surface area contributed by atoms with Gasteiger partial charge in [0.2, 0.25) is 0 Å². The number of piperazine rings is 1. The Morgan fingerprint density at radius 3 is 2.55 bits per heavy atom. The number of hydrogen-bond donors (Lipinski definition) is 0. The van der Waals surface area contributed by atoms with Crippen molar-refractivity contribution in [1.82, 2.24) is 9.80 Å². The molecule has 1 fully saturated rings. The summed E-state index contributed by atoms with van der Waals surface area (Å²) in [5.74, 6) is 1.16. The van der Waals surface area contributed by atoms with Crippen molar-refractivity contribution < 1.29 is 14.3 Å². The monoisotopic (exact) mass is 306 g/mol. The van der Waals surface area contributed by atoms with Gasteiger partial charge in [0, 0.05) is 32.7 Å². The molecule has 5 nitrogen and oxygen atoms in total. The van der Waals surface area contributed by atoms with Crippen LogP contribution in [-0.2, 0) is 0 Å². The SMILES string of the molecule is CCN1CCN(CCCOc2c(C=O)cccc2OC)CC1. The highest BCUT2D eigenvalue weighted by molar-refractivity contribution is 5.81. The molecule has 1 heterocycles. The second-order valence-electron chi connectivity index (χ2n) is 5.47. The molecule has 0 bridgehead atoms. The summed E-state index contributed by atoms with van der Waals surface area (Å²) < 4.78 is 11.0. The van der Waals surface area contributed by atoms with Gasteiger partial charge in [-0.2, -0.15) is 0 Å². The maximum absolute atomic E-state index is 11.1. The van der Waals surface area contributed by atoms with Crippen LogP contribution in [0.3, 0.4) is 0 Å². The van der Waals surface area contributed by atoms with Crippen molar-refractivity contribution in [2.75, 3.05) is 53.0 Å². The summed E-state index contributed by atoms with van der Waals surface area (Å²) in [6.07, 6.45) is 1.75. The van der Waals surface area contributed by atoms with Gasteiger partial charge in [-0.25, -0.2) is 0 Å². The van der Waals surface area contributed by atoms with E-state index in [0.717, 1.165) is 52.0 Å². The number of rotatable bonds is 8. The van der Waals surface area contributed by atoms with Crippen LogP contribution in [0.4, 0.5) is 0 Å². The Morgan fingerprint density at radius 2 is 1.91 bits per heavy atom. The van der Waals surface area contributed by atoms with Gasteiger partial charge in [0.05, 0.1) is 19.3 Å². The smallest absolute Gasteiger partial charge is 0.171 e. The van der Waals surface area contributed by atoms with Gasteiger partial charge in [-0.05, 0) is 25.1 Å². The lowest BCUT2D eigenvalue weighted by molar-refractivity contribution is 0.111. The van der Waals surface area contributed by atoms with E-state index in [2.05, 4.69) is 16.7 Å². The molecule has 0 aliphatic carbocycles. The van der Waals surface area contributed by atoms with E-state index in [9.17, 15) is 4.79 Å². The summed E-state index contributed by atoms with van der Waals surface area (Å²) in [7, 11) is 1.59. The van der Waals surface area contributed by atoms with E-state index in [1.807, 2.05) is 6.07 Å². The van der Waals surface area contributed by atoms with Crippen molar-refractivity contribution in [3.8, 4) is 11.5 Å². The van der Waals surface area contributed by atoms with Crippen molar-refractivity contribution in [2.24, 2.45) is 0 Å². The summed E-state index contributed by atoms with van der Waals surface area (Å²) in [4.78, 5) is 16.0. The van der Waals surface area contributed by atoms with E-state index in [0.29, 0.717) is 23.7 Å². The largest absolute Gasteiger partial charge is 0.493 e. The summed E-state index contributed by atoms with van der Waals surface area (Å²) in [5.41, 5.74) is 0.538. The van der Waals surface area contributed by atoms with Crippen molar-refractivity contribution >= 4 is 6.29 Å². The molecule has 0 atom stereocenters. The van der Waals surface area contributed by atoms with Gasteiger partial charge < -0.3 is 19.3 Å². The van der Waals surface area contributed by atoms with Crippen LogP contribution in [0.15, 0.2) is 18.2 Å². The Hall–Kier alpha value is -1.59. The highest BCUT2D eigenvalue weighted by atomic mass is 16.5. The first kappa shape index (κ1) is 16.8. The van der Waals surface area contributed by atoms with Crippen molar-refractivity contribution in [3.05, 3.63) is 23.8 Å². The topological polar surface area (TPSA) is 42.0 Å². The van der Waals surface area contributed by atoms with Crippen molar-refractivity contribution in [3.63, 3.8) is 0 Å². The van der Waals surface area contributed by atoms with E-state index in [-0.39, 0.29) is 0 Å². The lowest BCUT2D eigenvalue weighted by Crippen LogP contribution is -2.46. The number of benzene rings is 1. The predicted octanol–water partition coefficient (Wildman–Crippen LogP) is 1.91. The second kappa shape index (κ2) is 8.76.